The number of aryl methyl sites for hydroxylation is 1. The second kappa shape index (κ2) is 23.2. The van der Waals surface area contributed by atoms with Crippen LogP contribution in [-0.2, 0) is 47.5 Å². The van der Waals surface area contributed by atoms with Gasteiger partial charge in [-0.1, -0.05) is 42.3 Å². The van der Waals surface area contributed by atoms with Gasteiger partial charge in [-0.15, -0.1) is 5.10 Å². The lowest BCUT2D eigenvalue weighted by Crippen LogP contribution is -2.68. The molecule has 2 amide bonds. The van der Waals surface area contributed by atoms with E-state index in [4.69, 9.17) is 33.2 Å². The van der Waals surface area contributed by atoms with E-state index in [1.165, 1.54) is 18.5 Å². The normalized spacial score (nSPS) is 38.5. The smallest absolute Gasteiger partial charge is 0.332 e. The number of aliphatic hydroxyl groups excluding tert-OH is 8. The van der Waals surface area contributed by atoms with Gasteiger partial charge in [0.1, 0.15) is 78.8 Å². The number of amides is 2. The first-order valence-electron chi connectivity index (χ1n) is 22.5. The number of aliphatic carboxylic acids is 1. The lowest BCUT2D eigenvalue weighted by molar-refractivity contribution is -0.337. The predicted octanol–water partition coefficient (Wildman–Crippen LogP) is -3.02. The molecular formula is C43H65N5O19. The van der Waals surface area contributed by atoms with E-state index in [-0.39, 0.29) is 25.9 Å². The number of carboxylic acid groups (broad SMARTS) is 1. The summed E-state index contributed by atoms with van der Waals surface area (Å²) in [5, 5.41) is 111. The zero-order chi connectivity index (χ0) is 48.9. The Morgan fingerprint density at radius 2 is 1.52 bits per heavy atom. The molecule has 24 nitrogen and oxygen atoms in total. The molecule has 1 aliphatic carbocycles. The quantitative estimate of drug-likeness (QED) is 0.0709. The van der Waals surface area contributed by atoms with E-state index in [9.17, 15) is 60.3 Å². The highest BCUT2D eigenvalue weighted by molar-refractivity contribution is 5.74. The minimum absolute atomic E-state index is 0.0221. The SMILES string of the molecule is CCC[C@H](OC1C(NC(C)=O)[C@H](O[C@@H]2CC(CO[C@H]3O[C@H](CO)[C@@H](O)C(n4cc(-c5cccc(C)c5)nn4)C3O)C[C@@H](NC(C)=O)C2O[C@@H]2OC(C)[C@@H](O)[C@H](O)C2O)OC(CO)[C@@H]1O)C(=O)O. The van der Waals surface area contributed by atoms with Crippen molar-refractivity contribution in [2.75, 3.05) is 19.8 Å². The largest absolute Gasteiger partial charge is 0.479 e. The van der Waals surface area contributed by atoms with E-state index >= 15 is 0 Å². The summed E-state index contributed by atoms with van der Waals surface area (Å²) in [5.74, 6) is -3.16. The number of rotatable bonds is 18. The standard InChI is InChI=1S/C43H65N5O19/c1-6-8-26(40(59)60)63-39-30(45-21(5)52)41(65-29(16-50)34(39)55)64-27-13-22(12-24(44-20(4)51)38(27)67-43-37(58)36(57)32(53)19(3)62-43)17-61-42-35(56)31(33(54)28(15-49)66-42)48-14-25(46-47-48)23-10-7-9-18(2)11-23/h7,9-11,14,19,22,24,26-39,41-43,49-50,53-58H,6,8,12-13,15-17H2,1-5H3,(H,44,51)(H,45,52)(H,59,60)/t19?,22?,24-,26+,27-,28-,29?,30?,31?,32-,33-,34+,35?,36+,37?,38?,39?,41-,42+,43+/m1/s1. The van der Waals surface area contributed by atoms with Gasteiger partial charge in [0, 0.05) is 19.4 Å². The fourth-order valence-corrected chi connectivity index (χ4v) is 9.16. The zero-order valence-corrected chi connectivity index (χ0v) is 37.8. The summed E-state index contributed by atoms with van der Waals surface area (Å²) in [6.45, 7) is 5.78. The Balaban J connectivity index is 1.31. The molecule has 0 radical (unpaired) electrons. The van der Waals surface area contributed by atoms with E-state index in [1.54, 1.807) is 13.1 Å². The molecule has 3 saturated heterocycles. The number of ether oxygens (including phenoxy) is 7. The van der Waals surface area contributed by atoms with Crippen LogP contribution >= 0.6 is 0 Å². The van der Waals surface area contributed by atoms with Crippen LogP contribution in [0.15, 0.2) is 30.5 Å². The number of carbonyl (C=O) groups is 3. The first-order valence-corrected chi connectivity index (χ1v) is 22.5. The second-order valence-corrected chi connectivity index (χ2v) is 17.7. The summed E-state index contributed by atoms with van der Waals surface area (Å²) in [7, 11) is 0. The lowest BCUT2D eigenvalue weighted by Gasteiger charge is -2.49. The Bertz CT molecular complexity index is 1950. The Morgan fingerprint density at radius 1 is 0.836 bits per heavy atom. The fourth-order valence-electron chi connectivity index (χ4n) is 9.16. The zero-order valence-electron chi connectivity index (χ0n) is 37.8. The summed E-state index contributed by atoms with van der Waals surface area (Å²) in [6.07, 6.45) is -21.7. The van der Waals surface area contributed by atoms with Crippen LogP contribution in [0.3, 0.4) is 0 Å². The van der Waals surface area contributed by atoms with Gasteiger partial charge >= 0.3 is 5.97 Å². The maximum Gasteiger partial charge on any atom is 0.332 e. The van der Waals surface area contributed by atoms with Crippen molar-refractivity contribution in [3.8, 4) is 11.3 Å². The maximum atomic E-state index is 12.8. The third-order valence-corrected chi connectivity index (χ3v) is 12.6. The molecule has 6 rings (SSSR count). The number of nitrogens with zero attached hydrogens (tertiary/aromatic N) is 3. The Morgan fingerprint density at radius 3 is 2.16 bits per heavy atom. The average Bonchev–Trinajstić information content (AvgIpc) is 3.76. The highest BCUT2D eigenvalue weighted by Gasteiger charge is 2.53. The molecule has 67 heavy (non-hydrogen) atoms. The average molecular weight is 956 g/mol. The van der Waals surface area contributed by atoms with Crippen molar-refractivity contribution in [1.29, 1.82) is 0 Å². The first kappa shape index (κ1) is 52.5. The van der Waals surface area contributed by atoms with Crippen LogP contribution in [0, 0.1) is 12.8 Å². The van der Waals surface area contributed by atoms with Crippen molar-refractivity contribution in [2.45, 2.75) is 177 Å². The third-order valence-electron chi connectivity index (χ3n) is 12.6. The molecule has 3 aliphatic heterocycles. The van der Waals surface area contributed by atoms with Crippen molar-refractivity contribution in [2.24, 2.45) is 5.92 Å². The Kier molecular flexibility index (Phi) is 18.2. The molecule has 20 atom stereocenters. The minimum Gasteiger partial charge on any atom is -0.479 e. The number of hydrogen-bond acceptors (Lipinski definition) is 20. The number of aromatic nitrogens is 3. The van der Waals surface area contributed by atoms with E-state index in [1.807, 2.05) is 31.2 Å². The van der Waals surface area contributed by atoms with Crippen molar-refractivity contribution in [1.82, 2.24) is 25.6 Å². The molecule has 9 unspecified atom stereocenters. The van der Waals surface area contributed by atoms with Gasteiger partial charge < -0.3 is 89.8 Å². The van der Waals surface area contributed by atoms with Crippen molar-refractivity contribution in [3.05, 3.63) is 36.0 Å². The summed E-state index contributed by atoms with van der Waals surface area (Å²) < 4.78 is 44.1. The van der Waals surface area contributed by atoms with E-state index in [0.717, 1.165) is 18.1 Å². The van der Waals surface area contributed by atoms with Crippen molar-refractivity contribution >= 4 is 17.8 Å². The number of nitrogens with one attached hydrogen (secondary N) is 2. The maximum absolute atomic E-state index is 12.8. The van der Waals surface area contributed by atoms with Crippen molar-refractivity contribution in [3.63, 3.8) is 0 Å². The number of aliphatic hydroxyl groups is 8. The minimum atomic E-state index is -1.80. The Hall–Kier alpha value is -3.83. The van der Waals surface area contributed by atoms with Crippen LogP contribution in [0.4, 0.5) is 0 Å². The molecule has 0 bridgehead atoms. The topological polar surface area (TPSA) is 353 Å². The molecule has 11 N–H and O–H groups in total. The van der Waals surface area contributed by atoms with Crippen LogP contribution in [0.5, 0.6) is 0 Å². The molecule has 4 heterocycles. The summed E-state index contributed by atoms with van der Waals surface area (Å²) in [4.78, 5) is 37.8. The number of carbonyl (C=O) groups excluding carboxylic acids is 2. The molecule has 376 valence electrons. The summed E-state index contributed by atoms with van der Waals surface area (Å²) in [6, 6.07) is 3.83. The number of benzene rings is 1. The molecule has 4 aliphatic rings. The fraction of sp³-hybridized carbons (Fsp3) is 0.744. The Labute approximate surface area is 386 Å². The lowest BCUT2D eigenvalue weighted by atomic mass is 9.81. The van der Waals surface area contributed by atoms with Crippen LogP contribution in [0.2, 0.25) is 0 Å². The predicted molar refractivity (Wildman–Crippen MR) is 226 cm³/mol. The van der Waals surface area contributed by atoms with Crippen LogP contribution < -0.4 is 10.6 Å². The number of carboxylic acids is 1. The molecule has 1 saturated carbocycles. The summed E-state index contributed by atoms with van der Waals surface area (Å²) in [5.41, 5.74) is 2.16. The van der Waals surface area contributed by atoms with E-state index < -0.39 is 153 Å². The van der Waals surface area contributed by atoms with Gasteiger partial charge in [-0.2, -0.15) is 0 Å². The molecule has 0 spiro atoms. The van der Waals surface area contributed by atoms with E-state index in [0.29, 0.717) is 12.1 Å². The molecule has 1 aromatic heterocycles. The first-order chi connectivity index (χ1) is 31.8. The van der Waals surface area contributed by atoms with E-state index in [2.05, 4.69) is 20.9 Å². The third kappa shape index (κ3) is 12.3. The monoisotopic (exact) mass is 955 g/mol. The molecule has 4 fully saturated rings. The molecule has 2 aromatic rings. The van der Waals surface area contributed by atoms with Gasteiger partial charge in [0.05, 0.1) is 44.3 Å². The molecule has 1 aromatic carbocycles. The highest BCUT2D eigenvalue weighted by Crippen LogP contribution is 2.38. The van der Waals surface area contributed by atoms with Crippen LogP contribution in [0.1, 0.15) is 65.0 Å². The second-order valence-electron chi connectivity index (χ2n) is 17.7. The van der Waals surface area contributed by atoms with Gasteiger partial charge in [0.2, 0.25) is 11.8 Å². The molecular weight excluding hydrogens is 890 g/mol. The van der Waals surface area contributed by atoms with Crippen LogP contribution in [-0.4, -0.2) is 209 Å². The summed E-state index contributed by atoms with van der Waals surface area (Å²) >= 11 is 0. The van der Waals surface area contributed by atoms with Gasteiger partial charge in [-0.25, -0.2) is 9.48 Å². The van der Waals surface area contributed by atoms with Gasteiger partial charge in [0.25, 0.3) is 0 Å². The van der Waals surface area contributed by atoms with Gasteiger partial charge in [0.15, 0.2) is 25.0 Å². The van der Waals surface area contributed by atoms with Gasteiger partial charge in [-0.3, -0.25) is 9.59 Å². The highest BCUT2D eigenvalue weighted by atomic mass is 16.7. The van der Waals surface area contributed by atoms with Crippen molar-refractivity contribution < 1.29 is 93.5 Å². The molecule has 24 heteroatoms. The van der Waals surface area contributed by atoms with Crippen LogP contribution in [0.25, 0.3) is 11.3 Å². The van der Waals surface area contributed by atoms with Gasteiger partial charge in [-0.05, 0) is 45.1 Å². The number of hydrogen-bond donors (Lipinski definition) is 11.